The van der Waals surface area contributed by atoms with Crippen LogP contribution in [0.3, 0.4) is 0 Å². The molecule has 1 unspecified atom stereocenters. The largest absolute Gasteiger partial charge is 0.368 e. The van der Waals surface area contributed by atoms with Crippen molar-refractivity contribution in [2.75, 3.05) is 4.43 Å². The topological polar surface area (TPSA) is 63.4 Å². The van der Waals surface area contributed by atoms with E-state index < -0.39 is 11.9 Å². The van der Waals surface area contributed by atoms with E-state index in [2.05, 4.69) is 22.6 Å². The highest BCUT2D eigenvalue weighted by Gasteiger charge is 2.25. The number of amides is 2. The average molecular weight is 334 g/mol. The molecule has 0 radical (unpaired) electrons. The van der Waals surface area contributed by atoms with Gasteiger partial charge in [-0.1, -0.05) is 41.2 Å². The molecule has 0 aromatic heterocycles. The minimum atomic E-state index is -0.536. The van der Waals surface area contributed by atoms with Crippen molar-refractivity contribution in [2.24, 2.45) is 5.73 Å². The molecule has 1 heterocycles. The van der Waals surface area contributed by atoms with Crippen LogP contribution in [0.2, 0.25) is 0 Å². The van der Waals surface area contributed by atoms with Crippen LogP contribution in [0.1, 0.15) is 19.8 Å². The number of hydrogen-bond donors (Lipinski definition) is 1. The molecule has 0 fully saturated rings. The van der Waals surface area contributed by atoms with Crippen LogP contribution in [0.4, 0.5) is 0 Å². The molecule has 0 aromatic rings. The first kappa shape index (κ1) is 13.2. The van der Waals surface area contributed by atoms with Crippen molar-refractivity contribution in [1.82, 2.24) is 4.90 Å². The van der Waals surface area contributed by atoms with Crippen molar-refractivity contribution in [3.05, 3.63) is 23.9 Å². The predicted octanol–water partition coefficient (Wildman–Crippen LogP) is 1.36. The number of primary amides is 1. The van der Waals surface area contributed by atoms with E-state index in [1.54, 1.807) is 12.3 Å². The number of rotatable bonds is 4. The van der Waals surface area contributed by atoms with Crippen molar-refractivity contribution >= 4 is 34.4 Å². The van der Waals surface area contributed by atoms with Gasteiger partial charge < -0.3 is 10.6 Å². The summed E-state index contributed by atoms with van der Waals surface area (Å²) in [6, 6.07) is -0.536. The second-order valence-electron chi connectivity index (χ2n) is 3.60. The number of nitrogens with zero attached hydrogens (tertiary/aromatic N) is 1. The van der Waals surface area contributed by atoms with Crippen LogP contribution >= 0.6 is 22.6 Å². The van der Waals surface area contributed by atoms with Gasteiger partial charge in [0.15, 0.2) is 0 Å². The van der Waals surface area contributed by atoms with E-state index in [9.17, 15) is 9.59 Å². The number of hydrogen-bond acceptors (Lipinski definition) is 2. The summed E-state index contributed by atoms with van der Waals surface area (Å²) in [6.07, 6.45) is 6.24. The zero-order valence-electron chi connectivity index (χ0n) is 9.15. The van der Waals surface area contributed by atoms with Crippen molar-refractivity contribution in [3.63, 3.8) is 0 Å². The second-order valence-corrected chi connectivity index (χ2v) is 4.37. The minimum Gasteiger partial charge on any atom is -0.368 e. The average Bonchev–Trinajstić information content (AvgIpc) is 2.42. The lowest BCUT2D eigenvalue weighted by Crippen LogP contribution is -2.44. The Morgan fingerprint density at radius 1 is 1.69 bits per heavy atom. The smallest absolute Gasteiger partial charge is 0.240 e. The van der Waals surface area contributed by atoms with E-state index >= 15 is 0 Å². The molecule has 4 nitrogen and oxygen atoms in total. The van der Waals surface area contributed by atoms with Gasteiger partial charge in [0.2, 0.25) is 11.8 Å². The Kier molecular flexibility index (Phi) is 4.98. The normalized spacial score (nSPS) is 18.0. The van der Waals surface area contributed by atoms with E-state index in [0.29, 0.717) is 12.8 Å². The van der Waals surface area contributed by atoms with Gasteiger partial charge in [-0.15, -0.1) is 0 Å². The maximum absolute atomic E-state index is 11.9. The predicted molar refractivity (Wildman–Crippen MR) is 70.8 cm³/mol. The number of carbonyl (C=O) groups excluding carboxylic acids is 2. The summed E-state index contributed by atoms with van der Waals surface area (Å²) in [5.74, 6) is -0.527. The summed E-state index contributed by atoms with van der Waals surface area (Å²) >= 11 is 2.22. The first-order valence-corrected chi connectivity index (χ1v) is 6.65. The molecular weight excluding hydrogens is 319 g/mol. The van der Waals surface area contributed by atoms with Gasteiger partial charge in [-0.3, -0.25) is 9.59 Å². The van der Waals surface area contributed by atoms with E-state index in [-0.39, 0.29) is 5.91 Å². The molecule has 5 heteroatoms. The summed E-state index contributed by atoms with van der Waals surface area (Å²) < 4.78 is 0.815. The second kappa shape index (κ2) is 6.03. The highest BCUT2D eigenvalue weighted by Crippen LogP contribution is 2.16. The fourth-order valence-electron chi connectivity index (χ4n) is 1.60. The molecule has 0 saturated heterocycles. The summed E-state index contributed by atoms with van der Waals surface area (Å²) in [5, 5.41) is 0. The Morgan fingerprint density at radius 2 is 2.38 bits per heavy atom. The maximum atomic E-state index is 11.9. The van der Waals surface area contributed by atoms with Crippen molar-refractivity contribution in [1.29, 1.82) is 0 Å². The van der Waals surface area contributed by atoms with E-state index in [4.69, 9.17) is 5.73 Å². The third-order valence-electron chi connectivity index (χ3n) is 2.47. The Labute approximate surface area is 109 Å². The highest BCUT2D eigenvalue weighted by molar-refractivity contribution is 14.1. The van der Waals surface area contributed by atoms with Crippen LogP contribution in [0.15, 0.2) is 23.9 Å². The minimum absolute atomic E-state index is 0.0673. The monoisotopic (exact) mass is 334 g/mol. The van der Waals surface area contributed by atoms with Crippen LogP contribution in [-0.4, -0.2) is 27.2 Å². The molecule has 1 aliphatic rings. The zero-order chi connectivity index (χ0) is 12.1. The Bertz CT molecular complexity index is 350. The summed E-state index contributed by atoms with van der Waals surface area (Å²) in [5.41, 5.74) is 6.33. The van der Waals surface area contributed by atoms with Gasteiger partial charge in [-0.25, -0.2) is 0 Å². The fourth-order valence-corrected chi connectivity index (χ4v) is 2.13. The van der Waals surface area contributed by atoms with E-state index in [1.807, 2.05) is 13.0 Å². The maximum Gasteiger partial charge on any atom is 0.240 e. The molecule has 0 spiro atoms. The molecule has 0 saturated carbocycles. The first-order valence-electron chi connectivity index (χ1n) is 5.12. The Morgan fingerprint density at radius 3 is 2.88 bits per heavy atom. The van der Waals surface area contributed by atoms with Crippen molar-refractivity contribution in [3.8, 4) is 0 Å². The van der Waals surface area contributed by atoms with E-state index in [1.165, 1.54) is 4.90 Å². The summed E-state index contributed by atoms with van der Waals surface area (Å²) in [6.45, 7) is 1.84. The molecule has 0 aliphatic carbocycles. The third kappa shape index (κ3) is 3.07. The van der Waals surface area contributed by atoms with Gasteiger partial charge in [-0.2, -0.15) is 0 Å². The van der Waals surface area contributed by atoms with Gasteiger partial charge in [0.1, 0.15) is 6.04 Å². The molecule has 1 atom stereocenters. The van der Waals surface area contributed by atoms with Gasteiger partial charge in [0.25, 0.3) is 0 Å². The van der Waals surface area contributed by atoms with Gasteiger partial charge >= 0.3 is 0 Å². The Hall–Kier alpha value is -0.850. The number of carbonyl (C=O) groups is 2. The van der Waals surface area contributed by atoms with Crippen LogP contribution < -0.4 is 5.73 Å². The lowest BCUT2D eigenvalue weighted by atomic mass is 10.1. The van der Waals surface area contributed by atoms with Crippen molar-refractivity contribution in [2.45, 2.75) is 25.8 Å². The molecule has 88 valence electrons. The van der Waals surface area contributed by atoms with Crippen LogP contribution in [0, 0.1) is 0 Å². The highest BCUT2D eigenvalue weighted by atomic mass is 127. The number of alkyl halides is 1. The molecular formula is C11H15IN2O2. The van der Waals surface area contributed by atoms with Gasteiger partial charge in [0, 0.05) is 17.0 Å². The number of allylic oxidation sites excluding steroid dienone is 2. The quantitative estimate of drug-likeness (QED) is 0.623. The van der Waals surface area contributed by atoms with Crippen LogP contribution in [0.25, 0.3) is 0 Å². The molecule has 1 rings (SSSR count). The SMILES string of the molecule is CCC(C(N)=O)N1C=CC=C(CI)CC1=O. The van der Waals surface area contributed by atoms with Gasteiger partial charge in [-0.05, 0) is 12.5 Å². The third-order valence-corrected chi connectivity index (χ3v) is 3.45. The number of halogens is 1. The van der Waals surface area contributed by atoms with Crippen LogP contribution in [-0.2, 0) is 9.59 Å². The number of nitrogens with two attached hydrogens (primary N) is 1. The lowest BCUT2D eigenvalue weighted by molar-refractivity contribution is -0.135. The Balaban J connectivity index is 2.85. The summed E-state index contributed by atoms with van der Waals surface area (Å²) in [7, 11) is 0. The van der Waals surface area contributed by atoms with Gasteiger partial charge in [0.05, 0.1) is 0 Å². The first-order chi connectivity index (χ1) is 7.60. The zero-order valence-corrected chi connectivity index (χ0v) is 11.3. The molecule has 2 amide bonds. The van der Waals surface area contributed by atoms with Crippen LogP contribution in [0.5, 0.6) is 0 Å². The molecule has 0 aromatic carbocycles. The lowest BCUT2D eigenvalue weighted by Gasteiger charge is -2.24. The molecule has 0 bridgehead atoms. The molecule has 16 heavy (non-hydrogen) atoms. The fraction of sp³-hybridized carbons (Fsp3) is 0.455. The molecule has 2 N–H and O–H groups in total. The summed E-state index contributed by atoms with van der Waals surface area (Å²) in [4.78, 5) is 24.6. The van der Waals surface area contributed by atoms with Crippen molar-refractivity contribution < 1.29 is 9.59 Å². The van der Waals surface area contributed by atoms with E-state index in [0.717, 1.165) is 10.0 Å². The molecule has 1 aliphatic heterocycles. The standard InChI is InChI=1S/C11H15IN2O2/c1-2-9(11(13)16)14-5-3-4-8(7-12)6-10(14)15/h3-5,9H,2,6-7H2,1H3,(H2,13,16).